The molecule has 0 atom stereocenters. The van der Waals surface area contributed by atoms with Crippen molar-refractivity contribution in [2.75, 3.05) is 13.7 Å². The van der Waals surface area contributed by atoms with Gasteiger partial charge in [0.25, 0.3) is 0 Å². The summed E-state index contributed by atoms with van der Waals surface area (Å²) in [4.78, 5) is 0. The van der Waals surface area contributed by atoms with Crippen molar-refractivity contribution in [1.29, 1.82) is 0 Å². The second kappa shape index (κ2) is 2.94. The molecule has 0 aromatic rings. The second-order valence-corrected chi connectivity index (χ2v) is 1.10. The van der Waals surface area contributed by atoms with Crippen molar-refractivity contribution in [3.05, 3.63) is 0 Å². The topological polar surface area (TPSA) is 18.5 Å². The molecule has 8 heavy (non-hydrogen) atoms. The zero-order valence-corrected chi connectivity index (χ0v) is 4.78. The van der Waals surface area contributed by atoms with E-state index in [-0.39, 0.29) is 6.61 Å². The highest BCUT2D eigenvalue weighted by atomic mass is 19.3. The van der Waals surface area contributed by atoms with Crippen LogP contribution in [0.5, 0.6) is 0 Å². The van der Waals surface area contributed by atoms with Gasteiger partial charge in [-0.2, -0.15) is 0 Å². The largest absolute Gasteiger partial charge is 0.485 e. The summed E-state index contributed by atoms with van der Waals surface area (Å²) in [7, 11) is 0.885. The predicted octanol–water partition coefficient (Wildman–Crippen LogP) is 1.22. The molecule has 0 saturated carbocycles. The van der Waals surface area contributed by atoms with Gasteiger partial charge in [0.2, 0.25) is 0 Å². The van der Waals surface area contributed by atoms with Crippen molar-refractivity contribution in [3.8, 4) is 0 Å². The van der Waals surface area contributed by atoms with Crippen LogP contribution < -0.4 is 0 Å². The molecule has 50 valence electrons. The van der Waals surface area contributed by atoms with Crippen LogP contribution in [0, 0.1) is 0 Å². The van der Waals surface area contributed by atoms with Crippen LogP contribution in [0.1, 0.15) is 6.92 Å². The highest BCUT2D eigenvalue weighted by Crippen LogP contribution is 2.14. The van der Waals surface area contributed by atoms with E-state index >= 15 is 0 Å². The third-order valence-corrected chi connectivity index (χ3v) is 0.550. The Morgan fingerprint density at radius 2 is 2.00 bits per heavy atom. The minimum Gasteiger partial charge on any atom is -0.299 e. The van der Waals surface area contributed by atoms with Gasteiger partial charge in [-0.25, -0.2) is 0 Å². The first-order valence-corrected chi connectivity index (χ1v) is 2.19. The van der Waals surface area contributed by atoms with E-state index in [1.165, 1.54) is 6.92 Å². The van der Waals surface area contributed by atoms with Gasteiger partial charge in [-0.1, -0.05) is 0 Å². The average Bonchev–Trinajstić information content (AvgIpc) is 1.67. The lowest BCUT2D eigenvalue weighted by Crippen LogP contribution is -2.22. The first-order valence-electron chi connectivity index (χ1n) is 2.19. The van der Waals surface area contributed by atoms with Crippen LogP contribution in [0.2, 0.25) is 0 Å². The van der Waals surface area contributed by atoms with Gasteiger partial charge in [0.1, 0.15) is 0 Å². The molecule has 0 unspecified atom stereocenters. The predicted molar refractivity (Wildman–Crippen MR) is 23.6 cm³/mol. The molecule has 0 N–H and O–H groups in total. The van der Waals surface area contributed by atoms with Gasteiger partial charge in [0, 0.05) is 7.11 Å². The van der Waals surface area contributed by atoms with Gasteiger partial charge in [0.05, 0.1) is 6.61 Å². The molecule has 4 heteroatoms. The average molecular weight is 126 g/mol. The summed E-state index contributed by atoms with van der Waals surface area (Å²) in [5, 5.41) is 0. The number of hydrogen-bond donors (Lipinski definition) is 0. The Kier molecular flexibility index (Phi) is 2.86. The number of rotatable bonds is 3. The lowest BCUT2D eigenvalue weighted by molar-refractivity contribution is -0.381. The summed E-state index contributed by atoms with van der Waals surface area (Å²) in [5.41, 5.74) is 0. The first kappa shape index (κ1) is 7.78. The Balaban J connectivity index is 3.37. The Morgan fingerprint density at radius 3 is 2.12 bits per heavy atom. The maximum absolute atomic E-state index is 11.7. The molecule has 0 rings (SSSR count). The molecule has 0 aliphatic rings. The zero-order valence-electron chi connectivity index (χ0n) is 4.78. The summed E-state index contributed by atoms with van der Waals surface area (Å²) in [5.74, 6) is 0. The smallest absolute Gasteiger partial charge is 0.299 e. The molecular formula is C4H8F2O2. The lowest BCUT2D eigenvalue weighted by Gasteiger charge is -2.10. The molecule has 0 amide bonds. The number of ether oxygens (including phenoxy) is 2. The van der Waals surface area contributed by atoms with Crippen LogP contribution in [-0.2, 0) is 9.47 Å². The normalized spacial score (nSPS) is 12.0. The second-order valence-electron chi connectivity index (χ2n) is 1.10. The van der Waals surface area contributed by atoms with E-state index in [9.17, 15) is 8.78 Å². The van der Waals surface area contributed by atoms with E-state index in [0.717, 1.165) is 7.11 Å². The molecule has 2 nitrogen and oxygen atoms in total. The van der Waals surface area contributed by atoms with Gasteiger partial charge in [0.15, 0.2) is 0 Å². The van der Waals surface area contributed by atoms with E-state index in [1.807, 2.05) is 0 Å². The Hall–Kier alpha value is -0.220. The third-order valence-electron chi connectivity index (χ3n) is 0.550. The lowest BCUT2D eigenvalue weighted by atomic mass is 10.9. The van der Waals surface area contributed by atoms with Crippen LogP contribution in [0.3, 0.4) is 0 Å². The molecule has 0 aliphatic carbocycles. The Bertz CT molecular complexity index is 65.1. The van der Waals surface area contributed by atoms with Crippen LogP contribution in [0.15, 0.2) is 0 Å². The fraction of sp³-hybridized carbons (Fsp3) is 1.00. The highest BCUT2D eigenvalue weighted by Gasteiger charge is 2.28. The summed E-state index contributed by atoms with van der Waals surface area (Å²) < 4.78 is 30.9. The quantitative estimate of drug-likeness (QED) is 0.529. The zero-order chi connectivity index (χ0) is 6.62. The van der Waals surface area contributed by atoms with Crippen LogP contribution in [0.25, 0.3) is 0 Å². The van der Waals surface area contributed by atoms with E-state index in [0.29, 0.717) is 0 Å². The molecular weight excluding hydrogens is 118 g/mol. The summed E-state index contributed by atoms with van der Waals surface area (Å²) >= 11 is 0. The van der Waals surface area contributed by atoms with Gasteiger partial charge in [-0.05, 0) is 6.92 Å². The molecule has 0 saturated heterocycles. The standard InChI is InChI=1S/C4H8F2O2/c1-3-8-4(5,6)7-2/h3H2,1-2H3. The fourth-order valence-electron chi connectivity index (χ4n) is 0.227. The molecule has 0 aromatic carbocycles. The van der Waals surface area contributed by atoms with Crippen LogP contribution in [-0.4, -0.2) is 20.0 Å². The van der Waals surface area contributed by atoms with E-state index in [1.54, 1.807) is 0 Å². The number of halogens is 2. The van der Waals surface area contributed by atoms with Crippen molar-refractivity contribution in [3.63, 3.8) is 0 Å². The van der Waals surface area contributed by atoms with Crippen molar-refractivity contribution in [2.24, 2.45) is 0 Å². The first-order chi connectivity index (χ1) is 3.62. The highest BCUT2D eigenvalue weighted by molar-refractivity contribution is 4.25. The molecule has 0 bridgehead atoms. The van der Waals surface area contributed by atoms with E-state index < -0.39 is 6.29 Å². The Morgan fingerprint density at radius 1 is 1.50 bits per heavy atom. The summed E-state index contributed by atoms with van der Waals surface area (Å²) in [6.45, 7) is 1.41. The Labute approximate surface area is 46.4 Å². The fourth-order valence-corrected chi connectivity index (χ4v) is 0.227. The summed E-state index contributed by atoms with van der Waals surface area (Å²) in [6.07, 6.45) is -3.41. The van der Waals surface area contributed by atoms with Gasteiger partial charge >= 0.3 is 6.29 Å². The van der Waals surface area contributed by atoms with Crippen molar-refractivity contribution < 1.29 is 18.3 Å². The van der Waals surface area contributed by atoms with Crippen molar-refractivity contribution in [1.82, 2.24) is 0 Å². The van der Waals surface area contributed by atoms with Gasteiger partial charge in [-0.15, -0.1) is 8.78 Å². The van der Waals surface area contributed by atoms with E-state index in [2.05, 4.69) is 9.47 Å². The molecule has 0 radical (unpaired) electrons. The van der Waals surface area contributed by atoms with Crippen molar-refractivity contribution in [2.45, 2.75) is 13.2 Å². The summed E-state index contributed by atoms with van der Waals surface area (Å²) in [6, 6.07) is 0. The molecule has 0 spiro atoms. The maximum Gasteiger partial charge on any atom is 0.485 e. The number of methoxy groups -OCH3 is 1. The minimum absolute atomic E-state index is 0.0547. The number of alkyl halides is 2. The minimum atomic E-state index is -3.41. The molecule has 0 aliphatic heterocycles. The van der Waals surface area contributed by atoms with Crippen LogP contribution in [0.4, 0.5) is 8.78 Å². The van der Waals surface area contributed by atoms with Gasteiger partial charge < -0.3 is 0 Å². The molecule has 0 fully saturated rings. The molecule has 0 heterocycles. The SMILES string of the molecule is CCOC(F)(F)OC. The number of hydrogen-bond acceptors (Lipinski definition) is 2. The third kappa shape index (κ3) is 2.87. The monoisotopic (exact) mass is 126 g/mol. The van der Waals surface area contributed by atoms with Gasteiger partial charge in [-0.3, -0.25) is 9.47 Å². The molecule has 0 aromatic heterocycles. The van der Waals surface area contributed by atoms with Crippen LogP contribution >= 0.6 is 0 Å². The maximum atomic E-state index is 11.7. The van der Waals surface area contributed by atoms with Crippen molar-refractivity contribution >= 4 is 0 Å². The van der Waals surface area contributed by atoms with E-state index in [4.69, 9.17) is 0 Å².